The normalized spacial score (nSPS) is 17.5. The molecule has 0 bridgehead atoms. The van der Waals surface area contributed by atoms with Crippen molar-refractivity contribution >= 4 is 5.91 Å². The number of aromatic nitrogens is 2. The van der Waals surface area contributed by atoms with Gasteiger partial charge < -0.3 is 15.0 Å². The lowest BCUT2D eigenvalue weighted by atomic mass is 10.2. The van der Waals surface area contributed by atoms with Gasteiger partial charge in [-0.3, -0.25) is 4.79 Å². The number of carbonyl (C=O) groups excluding carboxylic acids is 1. The minimum absolute atomic E-state index is 0.00927. The average Bonchev–Trinajstić information content (AvgIpc) is 3.24. The number of hydrogen-bond acceptors (Lipinski definition) is 4. The minimum atomic E-state index is 0.00927. The largest absolute Gasteiger partial charge is 0.497 e. The number of methoxy groups -OCH3 is 1. The van der Waals surface area contributed by atoms with E-state index in [1.54, 1.807) is 17.9 Å². The number of ether oxygens (including phenoxy) is 1. The predicted molar refractivity (Wildman–Crippen MR) is 88.1 cm³/mol. The Morgan fingerprint density at radius 3 is 2.83 bits per heavy atom. The molecule has 2 heterocycles. The lowest BCUT2D eigenvalue weighted by molar-refractivity contribution is 0.0730. The van der Waals surface area contributed by atoms with Gasteiger partial charge in [-0.25, -0.2) is 4.68 Å². The van der Waals surface area contributed by atoms with Crippen molar-refractivity contribution in [3.63, 3.8) is 0 Å². The molecule has 6 heteroatoms. The van der Waals surface area contributed by atoms with Crippen molar-refractivity contribution in [3.05, 3.63) is 42.2 Å². The minimum Gasteiger partial charge on any atom is -0.497 e. The predicted octanol–water partition coefficient (Wildman–Crippen LogP) is 1.70. The second kappa shape index (κ2) is 6.83. The molecule has 0 saturated carbocycles. The molecule has 1 aliphatic rings. The zero-order valence-electron chi connectivity index (χ0n) is 13.5. The quantitative estimate of drug-likeness (QED) is 0.913. The highest BCUT2D eigenvalue weighted by atomic mass is 16.5. The van der Waals surface area contributed by atoms with E-state index in [-0.39, 0.29) is 11.9 Å². The van der Waals surface area contributed by atoms with E-state index in [9.17, 15) is 4.79 Å². The van der Waals surface area contributed by atoms with Crippen LogP contribution in [0.1, 0.15) is 23.3 Å². The van der Waals surface area contributed by atoms with Crippen LogP contribution >= 0.6 is 0 Å². The van der Waals surface area contributed by atoms with Crippen LogP contribution in [0.2, 0.25) is 0 Å². The number of hydrogen-bond donors (Lipinski definition) is 1. The van der Waals surface area contributed by atoms with E-state index in [0.29, 0.717) is 5.69 Å². The summed E-state index contributed by atoms with van der Waals surface area (Å²) >= 11 is 0. The molecular weight excluding hydrogens is 292 g/mol. The Bertz CT molecular complexity index is 665. The first kappa shape index (κ1) is 15.6. The third kappa shape index (κ3) is 3.22. The molecule has 1 aromatic heterocycles. The summed E-state index contributed by atoms with van der Waals surface area (Å²) in [5.41, 5.74) is 1.39. The highest BCUT2D eigenvalue weighted by Crippen LogP contribution is 2.20. The van der Waals surface area contributed by atoms with Crippen LogP contribution in [0.5, 0.6) is 5.75 Å². The van der Waals surface area contributed by atoms with Gasteiger partial charge in [-0.2, -0.15) is 5.10 Å². The number of amides is 1. The molecule has 1 fully saturated rings. The highest BCUT2D eigenvalue weighted by Gasteiger charge is 2.29. The second-order valence-electron chi connectivity index (χ2n) is 5.70. The van der Waals surface area contributed by atoms with E-state index in [1.165, 1.54) is 0 Å². The summed E-state index contributed by atoms with van der Waals surface area (Å²) in [6, 6.07) is 9.63. The second-order valence-corrected chi connectivity index (χ2v) is 5.70. The standard InChI is InChI=1S/C17H22N4O2/c1-18-12-14-4-3-10-20(14)17(22)16-9-11-21(19-16)13-5-7-15(23-2)8-6-13/h5-9,11,14,18H,3-4,10,12H2,1-2H3. The fourth-order valence-corrected chi connectivity index (χ4v) is 3.01. The number of nitrogens with one attached hydrogen (secondary N) is 1. The van der Waals surface area contributed by atoms with Crippen LogP contribution in [0, 0.1) is 0 Å². The molecule has 1 aromatic carbocycles. The first-order valence-corrected chi connectivity index (χ1v) is 7.88. The Morgan fingerprint density at radius 1 is 1.35 bits per heavy atom. The Balaban J connectivity index is 1.76. The van der Waals surface area contributed by atoms with E-state index < -0.39 is 0 Å². The zero-order chi connectivity index (χ0) is 16.2. The number of rotatable bonds is 5. The van der Waals surface area contributed by atoms with Gasteiger partial charge in [0.05, 0.1) is 12.8 Å². The Morgan fingerprint density at radius 2 is 2.13 bits per heavy atom. The van der Waals surface area contributed by atoms with Crippen molar-refractivity contribution in [2.45, 2.75) is 18.9 Å². The highest BCUT2D eigenvalue weighted by molar-refractivity contribution is 5.92. The van der Waals surface area contributed by atoms with E-state index in [1.807, 2.05) is 42.4 Å². The van der Waals surface area contributed by atoms with Gasteiger partial charge >= 0.3 is 0 Å². The molecule has 1 amide bonds. The van der Waals surface area contributed by atoms with Crippen LogP contribution in [0.4, 0.5) is 0 Å². The maximum absolute atomic E-state index is 12.7. The van der Waals surface area contributed by atoms with Gasteiger partial charge in [-0.1, -0.05) is 0 Å². The number of carbonyl (C=O) groups is 1. The zero-order valence-corrected chi connectivity index (χ0v) is 13.5. The molecule has 1 atom stereocenters. The first-order valence-electron chi connectivity index (χ1n) is 7.88. The SMILES string of the molecule is CNCC1CCCN1C(=O)c1ccn(-c2ccc(OC)cc2)n1. The van der Waals surface area contributed by atoms with Gasteiger partial charge in [0.15, 0.2) is 5.69 Å². The van der Waals surface area contributed by atoms with Crippen LogP contribution in [-0.4, -0.2) is 53.9 Å². The van der Waals surface area contributed by atoms with E-state index >= 15 is 0 Å². The van der Waals surface area contributed by atoms with Crippen molar-refractivity contribution in [3.8, 4) is 11.4 Å². The maximum Gasteiger partial charge on any atom is 0.274 e. The molecule has 3 rings (SSSR count). The van der Waals surface area contributed by atoms with Gasteiger partial charge in [-0.15, -0.1) is 0 Å². The summed E-state index contributed by atoms with van der Waals surface area (Å²) in [7, 11) is 3.55. The van der Waals surface area contributed by atoms with Crippen LogP contribution < -0.4 is 10.1 Å². The van der Waals surface area contributed by atoms with Crippen molar-refractivity contribution in [1.82, 2.24) is 20.0 Å². The van der Waals surface area contributed by atoms with Crippen molar-refractivity contribution in [2.75, 3.05) is 27.2 Å². The summed E-state index contributed by atoms with van der Waals surface area (Å²) in [5.74, 6) is 0.805. The van der Waals surface area contributed by atoms with Crippen LogP contribution in [0.3, 0.4) is 0 Å². The Labute approximate surface area is 136 Å². The third-order valence-corrected chi connectivity index (χ3v) is 4.22. The molecule has 2 aromatic rings. The molecule has 0 spiro atoms. The molecule has 1 N–H and O–H groups in total. The lowest BCUT2D eigenvalue weighted by Crippen LogP contribution is -2.41. The van der Waals surface area contributed by atoms with Gasteiger partial charge in [0, 0.05) is 25.3 Å². The van der Waals surface area contributed by atoms with Crippen LogP contribution in [0.25, 0.3) is 5.69 Å². The van der Waals surface area contributed by atoms with E-state index in [2.05, 4.69) is 10.4 Å². The summed E-state index contributed by atoms with van der Waals surface area (Å²) in [4.78, 5) is 14.6. The monoisotopic (exact) mass is 314 g/mol. The Hall–Kier alpha value is -2.34. The summed E-state index contributed by atoms with van der Waals surface area (Å²) in [6.07, 6.45) is 3.92. The number of benzene rings is 1. The molecule has 1 aliphatic heterocycles. The van der Waals surface area contributed by atoms with E-state index in [0.717, 1.165) is 37.4 Å². The summed E-state index contributed by atoms with van der Waals surface area (Å²) in [5, 5.41) is 7.60. The first-order chi connectivity index (χ1) is 11.2. The molecule has 6 nitrogen and oxygen atoms in total. The average molecular weight is 314 g/mol. The third-order valence-electron chi connectivity index (χ3n) is 4.22. The number of likely N-dealkylation sites (tertiary alicyclic amines) is 1. The van der Waals surface area contributed by atoms with Crippen LogP contribution in [-0.2, 0) is 0 Å². The van der Waals surface area contributed by atoms with Crippen LogP contribution in [0.15, 0.2) is 36.5 Å². The summed E-state index contributed by atoms with van der Waals surface area (Å²) < 4.78 is 6.87. The van der Waals surface area contributed by atoms with Gasteiger partial charge in [0.2, 0.25) is 0 Å². The number of likely N-dealkylation sites (N-methyl/N-ethyl adjacent to an activating group) is 1. The molecule has 1 saturated heterocycles. The molecule has 122 valence electrons. The number of nitrogens with zero attached hydrogens (tertiary/aromatic N) is 3. The topological polar surface area (TPSA) is 59.4 Å². The maximum atomic E-state index is 12.7. The smallest absolute Gasteiger partial charge is 0.274 e. The molecule has 0 radical (unpaired) electrons. The molecule has 1 unspecified atom stereocenters. The van der Waals surface area contributed by atoms with Crippen molar-refractivity contribution < 1.29 is 9.53 Å². The fourth-order valence-electron chi connectivity index (χ4n) is 3.01. The molecular formula is C17H22N4O2. The van der Waals surface area contributed by atoms with E-state index in [4.69, 9.17) is 4.74 Å². The lowest BCUT2D eigenvalue weighted by Gasteiger charge is -2.23. The van der Waals surface area contributed by atoms with Crippen molar-refractivity contribution in [2.24, 2.45) is 0 Å². The molecule has 23 heavy (non-hydrogen) atoms. The molecule has 0 aliphatic carbocycles. The van der Waals surface area contributed by atoms with Crippen molar-refractivity contribution in [1.29, 1.82) is 0 Å². The van der Waals surface area contributed by atoms with Gasteiger partial charge in [-0.05, 0) is 50.2 Å². The fraction of sp³-hybridized carbons (Fsp3) is 0.412. The Kier molecular flexibility index (Phi) is 4.62. The summed E-state index contributed by atoms with van der Waals surface area (Å²) in [6.45, 7) is 1.63. The van der Waals surface area contributed by atoms with Gasteiger partial charge in [0.25, 0.3) is 5.91 Å². The van der Waals surface area contributed by atoms with Gasteiger partial charge in [0.1, 0.15) is 5.75 Å².